The zero-order valence-electron chi connectivity index (χ0n) is 20.2. The summed E-state index contributed by atoms with van der Waals surface area (Å²) >= 11 is 1.54. The number of aromatic nitrogens is 2. The van der Waals surface area contributed by atoms with E-state index in [0.717, 1.165) is 64.6 Å². The number of rotatable bonds is 7. The van der Waals surface area contributed by atoms with Crippen LogP contribution in [0.3, 0.4) is 0 Å². The molecule has 1 saturated heterocycles. The van der Waals surface area contributed by atoms with Gasteiger partial charge in [-0.1, -0.05) is 41.7 Å². The highest BCUT2D eigenvalue weighted by molar-refractivity contribution is 7.13. The third-order valence-electron chi connectivity index (χ3n) is 5.99. The predicted octanol–water partition coefficient (Wildman–Crippen LogP) is 5.81. The second kappa shape index (κ2) is 10.3. The number of nitrogens with one attached hydrogen (secondary N) is 1. The summed E-state index contributed by atoms with van der Waals surface area (Å²) in [5.74, 6) is 2.24. The van der Waals surface area contributed by atoms with Crippen molar-refractivity contribution >= 4 is 28.5 Å². The molecule has 1 N–H and O–H groups in total. The Labute approximate surface area is 210 Å². The van der Waals surface area contributed by atoms with Crippen LogP contribution in [-0.4, -0.2) is 55.2 Å². The first kappa shape index (κ1) is 23.1. The van der Waals surface area contributed by atoms with Crippen LogP contribution in [0, 0.1) is 6.92 Å². The number of aryl methyl sites for hydroxylation is 1. The molecule has 0 radical (unpaired) electrons. The molecule has 8 heteroatoms. The van der Waals surface area contributed by atoms with E-state index in [9.17, 15) is 0 Å². The van der Waals surface area contributed by atoms with Crippen molar-refractivity contribution in [3.8, 4) is 27.8 Å². The minimum absolute atomic E-state index is 0.694. The largest absolute Gasteiger partial charge is 0.495 e. The van der Waals surface area contributed by atoms with Crippen LogP contribution < -0.4 is 19.7 Å². The average Bonchev–Trinajstić information content (AvgIpc) is 3.25. The first-order chi connectivity index (χ1) is 17.1. The Kier molecular flexibility index (Phi) is 6.83. The van der Waals surface area contributed by atoms with Gasteiger partial charge in [-0.25, -0.2) is 9.97 Å². The number of ether oxygens (including phenoxy) is 2. The van der Waals surface area contributed by atoms with Crippen molar-refractivity contribution in [1.29, 1.82) is 0 Å². The maximum atomic E-state index is 6.26. The van der Waals surface area contributed by atoms with Gasteiger partial charge in [-0.05, 0) is 32.2 Å². The molecular formula is C27H29N5O2S. The molecular weight excluding hydrogens is 458 g/mol. The van der Waals surface area contributed by atoms with Gasteiger partial charge in [0.05, 0.1) is 17.8 Å². The second-order valence-corrected chi connectivity index (χ2v) is 9.68. The van der Waals surface area contributed by atoms with Crippen LogP contribution in [0.2, 0.25) is 0 Å². The van der Waals surface area contributed by atoms with Gasteiger partial charge in [0.1, 0.15) is 23.0 Å². The molecule has 2 aromatic carbocycles. The van der Waals surface area contributed by atoms with Crippen molar-refractivity contribution < 1.29 is 9.47 Å². The van der Waals surface area contributed by atoms with E-state index in [1.807, 2.05) is 55.5 Å². The topological polar surface area (TPSA) is 62.8 Å². The Morgan fingerprint density at radius 2 is 1.77 bits per heavy atom. The van der Waals surface area contributed by atoms with Crippen LogP contribution in [0.5, 0.6) is 16.6 Å². The quantitative estimate of drug-likeness (QED) is 0.353. The van der Waals surface area contributed by atoms with E-state index in [1.54, 1.807) is 13.3 Å². The first-order valence-electron chi connectivity index (χ1n) is 11.6. The predicted molar refractivity (Wildman–Crippen MR) is 143 cm³/mol. The lowest BCUT2D eigenvalue weighted by atomic mass is 10.2. The second-order valence-electron chi connectivity index (χ2n) is 8.52. The van der Waals surface area contributed by atoms with E-state index in [-0.39, 0.29) is 0 Å². The normalized spacial score (nSPS) is 14.1. The third kappa shape index (κ3) is 5.39. The van der Waals surface area contributed by atoms with Crippen molar-refractivity contribution in [2.75, 3.05) is 50.6 Å². The van der Waals surface area contributed by atoms with Crippen molar-refractivity contribution in [3.63, 3.8) is 0 Å². The van der Waals surface area contributed by atoms with Gasteiger partial charge in [-0.3, -0.25) is 0 Å². The Morgan fingerprint density at radius 3 is 2.54 bits per heavy atom. The molecule has 5 rings (SSSR count). The molecule has 7 nitrogen and oxygen atoms in total. The van der Waals surface area contributed by atoms with E-state index >= 15 is 0 Å². The van der Waals surface area contributed by atoms with Crippen molar-refractivity contribution in [3.05, 3.63) is 71.9 Å². The smallest absolute Gasteiger partial charge is 0.208 e. The van der Waals surface area contributed by atoms with Gasteiger partial charge in [0.15, 0.2) is 0 Å². The van der Waals surface area contributed by atoms with Crippen LogP contribution >= 0.6 is 11.3 Å². The SMILES string of the molecule is COc1cc(Nc2cc(Oc3sc(C)nc3-c3ccccc3)ccn2)ccc1N1CCN(C)CC1. The maximum absolute atomic E-state index is 6.26. The number of pyridine rings is 1. The highest BCUT2D eigenvalue weighted by Crippen LogP contribution is 2.39. The van der Waals surface area contributed by atoms with Gasteiger partial charge in [0, 0.05) is 55.8 Å². The fourth-order valence-corrected chi connectivity index (χ4v) is 4.92. The molecule has 0 aliphatic carbocycles. The van der Waals surface area contributed by atoms with Crippen LogP contribution in [0.25, 0.3) is 11.3 Å². The van der Waals surface area contributed by atoms with E-state index < -0.39 is 0 Å². The number of hydrogen-bond donors (Lipinski definition) is 1. The molecule has 0 spiro atoms. The molecule has 2 aromatic heterocycles. The summed E-state index contributed by atoms with van der Waals surface area (Å²) in [4.78, 5) is 13.9. The number of piperazine rings is 1. The lowest BCUT2D eigenvalue weighted by Crippen LogP contribution is -2.44. The molecule has 3 heterocycles. The minimum atomic E-state index is 0.694. The highest BCUT2D eigenvalue weighted by atomic mass is 32.1. The van der Waals surface area contributed by atoms with Crippen molar-refractivity contribution in [2.45, 2.75) is 6.92 Å². The van der Waals surface area contributed by atoms with Gasteiger partial charge >= 0.3 is 0 Å². The van der Waals surface area contributed by atoms with Crippen LogP contribution in [0.15, 0.2) is 66.9 Å². The maximum Gasteiger partial charge on any atom is 0.208 e. The summed E-state index contributed by atoms with van der Waals surface area (Å²) < 4.78 is 12.0. The highest BCUT2D eigenvalue weighted by Gasteiger charge is 2.18. The number of thiazole rings is 1. The Morgan fingerprint density at radius 1 is 0.971 bits per heavy atom. The van der Waals surface area contributed by atoms with Gasteiger partial charge in [-0.2, -0.15) is 0 Å². The summed E-state index contributed by atoms with van der Waals surface area (Å²) in [5.41, 5.74) is 3.91. The number of hydrogen-bond acceptors (Lipinski definition) is 8. The number of nitrogens with zero attached hydrogens (tertiary/aromatic N) is 4. The Balaban J connectivity index is 1.33. The average molecular weight is 488 g/mol. The molecule has 0 unspecified atom stereocenters. The van der Waals surface area contributed by atoms with Crippen LogP contribution in [-0.2, 0) is 0 Å². The van der Waals surface area contributed by atoms with Gasteiger partial charge in [0.25, 0.3) is 0 Å². The molecule has 0 saturated carbocycles. The summed E-state index contributed by atoms with van der Waals surface area (Å²) in [6, 6.07) is 20.0. The zero-order chi connectivity index (χ0) is 24.2. The zero-order valence-corrected chi connectivity index (χ0v) is 21.0. The standard InChI is InChI=1S/C27H29N5O2S/c1-19-29-26(20-7-5-4-6-8-20)27(35-19)34-22-11-12-28-25(18-22)30-21-9-10-23(24(17-21)33-3)32-15-13-31(2)14-16-32/h4-12,17-18H,13-16H2,1-3H3,(H,28,30). The molecule has 1 fully saturated rings. The monoisotopic (exact) mass is 487 g/mol. The minimum Gasteiger partial charge on any atom is -0.495 e. The number of benzene rings is 2. The third-order valence-corrected chi connectivity index (χ3v) is 6.84. The van der Waals surface area contributed by atoms with E-state index in [0.29, 0.717) is 11.6 Å². The van der Waals surface area contributed by atoms with Crippen LogP contribution in [0.4, 0.5) is 17.2 Å². The summed E-state index contributed by atoms with van der Waals surface area (Å²) in [5, 5.41) is 5.11. The van der Waals surface area contributed by atoms with Gasteiger partial charge in [-0.15, -0.1) is 0 Å². The molecule has 1 aliphatic heterocycles. The van der Waals surface area contributed by atoms with E-state index in [2.05, 4.69) is 44.3 Å². The van der Waals surface area contributed by atoms with Crippen molar-refractivity contribution in [2.24, 2.45) is 0 Å². The lowest BCUT2D eigenvalue weighted by molar-refractivity contribution is 0.311. The molecule has 1 aliphatic rings. The summed E-state index contributed by atoms with van der Waals surface area (Å²) in [6.07, 6.45) is 1.74. The first-order valence-corrected chi connectivity index (χ1v) is 12.5. The Hall–Kier alpha value is -3.62. The number of likely N-dealkylation sites (N-methyl/N-ethyl adjacent to an activating group) is 1. The fraction of sp³-hybridized carbons (Fsp3) is 0.259. The lowest BCUT2D eigenvalue weighted by Gasteiger charge is -2.34. The van der Waals surface area contributed by atoms with Crippen LogP contribution in [0.1, 0.15) is 5.01 Å². The van der Waals surface area contributed by atoms with Crippen molar-refractivity contribution in [1.82, 2.24) is 14.9 Å². The van der Waals surface area contributed by atoms with E-state index in [4.69, 9.17) is 9.47 Å². The number of methoxy groups -OCH3 is 1. The Bertz CT molecular complexity index is 1290. The molecule has 4 aromatic rings. The summed E-state index contributed by atoms with van der Waals surface area (Å²) in [6.45, 7) is 6.06. The molecule has 0 amide bonds. The summed E-state index contributed by atoms with van der Waals surface area (Å²) in [7, 11) is 3.87. The molecule has 35 heavy (non-hydrogen) atoms. The molecule has 0 atom stereocenters. The van der Waals surface area contributed by atoms with Gasteiger partial charge < -0.3 is 24.6 Å². The molecule has 0 bridgehead atoms. The van der Waals surface area contributed by atoms with Gasteiger partial charge in [0.2, 0.25) is 5.06 Å². The fourth-order valence-electron chi connectivity index (χ4n) is 4.12. The number of anilines is 3. The molecule has 180 valence electrons. The van der Waals surface area contributed by atoms with E-state index in [1.165, 1.54) is 11.3 Å².